The van der Waals surface area contributed by atoms with E-state index >= 15 is 0 Å². The number of hydrogen-bond acceptors (Lipinski definition) is 3. The third-order valence-electron chi connectivity index (χ3n) is 4.55. The van der Waals surface area contributed by atoms with Gasteiger partial charge in [-0.15, -0.1) is 0 Å². The number of rotatable bonds is 5. The number of carbonyl (C=O) groups is 1. The first kappa shape index (κ1) is 21.1. The highest BCUT2D eigenvalue weighted by Crippen LogP contribution is 2.34. The Labute approximate surface area is 172 Å². The van der Waals surface area contributed by atoms with Gasteiger partial charge < -0.3 is 11.1 Å². The van der Waals surface area contributed by atoms with Gasteiger partial charge in [0.15, 0.2) is 0 Å². The van der Waals surface area contributed by atoms with Gasteiger partial charge in [-0.2, -0.15) is 13.2 Å². The molecule has 1 heterocycles. The molecule has 0 fully saturated rings. The van der Waals surface area contributed by atoms with Gasteiger partial charge in [0, 0.05) is 35.8 Å². The van der Waals surface area contributed by atoms with E-state index in [2.05, 4.69) is 10.3 Å². The van der Waals surface area contributed by atoms with Crippen molar-refractivity contribution in [3.8, 4) is 0 Å². The van der Waals surface area contributed by atoms with E-state index in [1.54, 1.807) is 37.5 Å². The Bertz CT molecular complexity index is 1080. The second kappa shape index (κ2) is 8.82. The molecule has 0 saturated heterocycles. The summed E-state index contributed by atoms with van der Waals surface area (Å²) in [5, 5.41) is 2.56. The first-order valence-electron chi connectivity index (χ1n) is 9.21. The summed E-state index contributed by atoms with van der Waals surface area (Å²) in [6.45, 7) is 1.64. The first-order valence-corrected chi connectivity index (χ1v) is 9.21. The number of hydrogen-bond donors (Lipinski definition) is 2. The van der Waals surface area contributed by atoms with Crippen molar-refractivity contribution in [3.63, 3.8) is 0 Å². The number of anilines is 2. The molecule has 0 aliphatic rings. The van der Waals surface area contributed by atoms with E-state index in [0.29, 0.717) is 23.2 Å². The summed E-state index contributed by atoms with van der Waals surface area (Å²) in [7, 11) is 0. The predicted octanol–water partition coefficient (Wildman–Crippen LogP) is 5.56. The number of carbonyl (C=O) groups excluding carboxylic acids is 1. The molecule has 0 unspecified atom stereocenters. The fourth-order valence-corrected chi connectivity index (χ4v) is 3.12. The second-order valence-electron chi connectivity index (χ2n) is 6.66. The number of amides is 1. The number of allylic oxidation sites excluding steroid dienone is 1. The van der Waals surface area contributed by atoms with Crippen LogP contribution in [0.2, 0.25) is 0 Å². The summed E-state index contributed by atoms with van der Waals surface area (Å²) in [5.74, 6) is -0.529. The largest absolute Gasteiger partial charge is 0.417 e. The Balaban J connectivity index is 1.93. The molecule has 3 N–H and O–H groups in total. The molecule has 0 radical (unpaired) electrons. The molecule has 0 atom stereocenters. The van der Waals surface area contributed by atoms with Crippen molar-refractivity contribution in [1.29, 1.82) is 0 Å². The van der Waals surface area contributed by atoms with Gasteiger partial charge in [0.1, 0.15) is 0 Å². The molecular weight excluding hydrogens is 391 g/mol. The molecule has 0 saturated carbocycles. The van der Waals surface area contributed by atoms with Crippen molar-refractivity contribution in [1.82, 2.24) is 4.98 Å². The molecular formula is C23H20F3N3O. The van der Waals surface area contributed by atoms with Crippen molar-refractivity contribution in [3.05, 3.63) is 94.8 Å². The van der Waals surface area contributed by atoms with E-state index in [4.69, 9.17) is 5.73 Å². The Morgan fingerprint density at radius 1 is 1.13 bits per heavy atom. The highest BCUT2D eigenvalue weighted by molar-refractivity contribution is 6.06. The zero-order valence-corrected chi connectivity index (χ0v) is 16.2. The van der Waals surface area contributed by atoms with Crippen LogP contribution in [0.4, 0.5) is 24.5 Å². The minimum absolute atomic E-state index is 0.0327. The normalized spacial score (nSPS) is 11.6. The van der Waals surface area contributed by atoms with Crippen LogP contribution < -0.4 is 11.1 Å². The van der Waals surface area contributed by atoms with E-state index in [-0.39, 0.29) is 11.3 Å². The van der Waals surface area contributed by atoms with E-state index in [1.807, 2.05) is 12.1 Å². The van der Waals surface area contributed by atoms with Crippen LogP contribution in [0.15, 0.2) is 67.0 Å². The molecule has 2 aromatic carbocycles. The molecule has 0 aliphatic carbocycles. The van der Waals surface area contributed by atoms with Crippen molar-refractivity contribution in [2.24, 2.45) is 0 Å². The SMILES string of the molecule is CC=Cc1ccc(NC(=O)c2cccc(N)c2Cc2ccncc2)cc1C(F)(F)F. The minimum atomic E-state index is -4.54. The Kier molecular flexibility index (Phi) is 6.20. The molecule has 3 aromatic rings. The predicted molar refractivity (Wildman–Crippen MR) is 112 cm³/mol. The van der Waals surface area contributed by atoms with Crippen molar-refractivity contribution < 1.29 is 18.0 Å². The van der Waals surface area contributed by atoms with Gasteiger partial charge in [-0.1, -0.05) is 24.3 Å². The first-order chi connectivity index (χ1) is 14.3. The maximum absolute atomic E-state index is 13.4. The molecule has 0 bridgehead atoms. The van der Waals surface area contributed by atoms with Gasteiger partial charge in [-0.05, 0) is 60.0 Å². The molecule has 0 aliphatic heterocycles. The van der Waals surface area contributed by atoms with Gasteiger partial charge in [-0.3, -0.25) is 9.78 Å². The summed E-state index contributed by atoms with van der Waals surface area (Å²) in [6.07, 6.45) is 2.03. The fraction of sp³-hybridized carbons (Fsp3) is 0.130. The van der Waals surface area contributed by atoms with Crippen LogP contribution in [0.5, 0.6) is 0 Å². The lowest BCUT2D eigenvalue weighted by Gasteiger charge is -2.15. The van der Waals surface area contributed by atoms with Gasteiger partial charge in [0.25, 0.3) is 5.91 Å². The number of nitrogens with zero attached hydrogens (tertiary/aromatic N) is 1. The number of pyridine rings is 1. The Hall–Kier alpha value is -3.61. The van der Waals surface area contributed by atoms with Crippen molar-refractivity contribution >= 4 is 23.4 Å². The molecule has 30 heavy (non-hydrogen) atoms. The van der Waals surface area contributed by atoms with E-state index in [0.717, 1.165) is 11.6 Å². The maximum Gasteiger partial charge on any atom is 0.417 e. The average molecular weight is 411 g/mol. The van der Waals surface area contributed by atoms with Crippen LogP contribution in [0.1, 0.15) is 39.5 Å². The summed E-state index contributed by atoms with van der Waals surface area (Å²) in [4.78, 5) is 16.8. The molecule has 7 heteroatoms. The highest BCUT2D eigenvalue weighted by atomic mass is 19.4. The Morgan fingerprint density at radius 3 is 2.53 bits per heavy atom. The number of nitrogens with two attached hydrogens (primary N) is 1. The third kappa shape index (κ3) is 4.86. The van der Waals surface area contributed by atoms with Crippen LogP contribution >= 0.6 is 0 Å². The molecule has 0 spiro atoms. The lowest BCUT2D eigenvalue weighted by atomic mass is 9.98. The lowest BCUT2D eigenvalue weighted by molar-refractivity contribution is -0.137. The average Bonchev–Trinajstić information content (AvgIpc) is 2.71. The number of aromatic nitrogens is 1. The zero-order chi connectivity index (χ0) is 21.7. The van der Waals surface area contributed by atoms with Crippen LogP contribution in [-0.2, 0) is 12.6 Å². The highest BCUT2D eigenvalue weighted by Gasteiger charge is 2.33. The summed E-state index contributed by atoms with van der Waals surface area (Å²) in [5.41, 5.74) is 7.59. The number of alkyl halides is 3. The smallest absolute Gasteiger partial charge is 0.398 e. The zero-order valence-electron chi connectivity index (χ0n) is 16.2. The molecule has 4 nitrogen and oxygen atoms in total. The van der Waals surface area contributed by atoms with E-state index in [9.17, 15) is 18.0 Å². The number of nitrogen functional groups attached to an aromatic ring is 1. The van der Waals surface area contributed by atoms with Crippen molar-refractivity contribution in [2.45, 2.75) is 19.5 Å². The topological polar surface area (TPSA) is 68.0 Å². The molecule has 1 aromatic heterocycles. The summed E-state index contributed by atoms with van der Waals surface area (Å²) in [6, 6.07) is 12.2. The van der Waals surface area contributed by atoms with Crippen molar-refractivity contribution in [2.75, 3.05) is 11.1 Å². The van der Waals surface area contributed by atoms with Gasteiger partial charge in [-0.25, -0.2) is 0 Å². The van der Waals surface area contributed by atoms with E-state index < -0.39 is 17.6 Å². The van der Waals surface area contributed by atoms with Crippen LogP contribution in [-0.4, -0.2) is 10.9 Å². The standard InChI is InChI=1S/C23H20F3N3O/c1-2-4-16-7-8-17(14-20(16)23(24,25)26)29-22(30)18-5-3-6-21(27)19(18)13-15-9-11-28-12-10-15/h2-12,14H,13,27H2,1H3,(H,29,30). The maximum atomic E-state index is 13.4. The lowest BCUT2D eigenvalue weighted by Crippen LogP contribution is -2.16. The molecule has 1 amide bonds. The van der Waals surface area contributed by atoms with Crippen LogP contribution in [0, 0.1) is 0 Å². The van der Waals surface area contributed by atoms with E-state index in [1.165, 1.54) is 24.3 Å². The third-order valence-corrected chi connectivity index (χ3v) is 4.55. The second-order valence-corrected chi connectivity index (χ2v) is 6.66. The quantitative estimate of drug-likeness (QED) is 0.540. The van der Waals surface area contributed by atoms with Crippen LogP contribution in [0.3, 0.4) is 0 Å². The van der Waals surface area contributed by atoms with Gasteiger partial charge in [0.05, 0.1) is 5.56 Å². The number of nitrogens with one attached hydrogen (secondary N) is 1. The van der Waals surface area contributed by atoms with Gasteiger partial charge >= 0.3 is 6.18 Å². The fourth-order valence-electron chi connectivity index (χ4n) is 3.12. The van der Waals surface area contributed by atoms with Gasteiger partial charge in [0.2, 0.25) is 0 Å². The number of benzene rings is 2. The minimum Gasteiger partial charge on any atom is -0.398 e. The monoisotopic (exact) mass is 411 g/mol. The summed E-state index contributed by atoms with van der Waals surface area (Å²) < 4.78 is 40.2. The number of halogens is 3. The van der Waals surface area contributed by atoms with Crippen LogP contribution in [0.25, 0.3) is 6.08 Å². The summed E-state index contributed by atoms with van der Waals surface area (Å²) >= 11 is 0. The molecule has 154 valence electrons. The molecule has 3 rings (SSSR count). The Morgan fingerprint density at radius 2 is 1.87 bits per heavy atom.